The Morgan fingerprint density at radius 2 is 1.15 bits per heavy atom. The van der Waals surface area contributed by atoms with Gasteiger partial charge in [-0.1, -0.05) is 91.0 Å². The summed E-state index contributed by atoms with van der Waals surface area (Å²) in [5.74, 6) is 0.741. The third-order valence-electron chi connectivity index (χ3n) is 5.25. The summed E-state index contributed by atoms with van der Waals surface area (Å²) < 4.78 is 0. The van der Waals surface area contributed by atoms with E-state index >= 15 is 0 Å². The standard InChI is InChI=1S/C24H23NO/c26-24(25-17-16-18-10-4-1-5-11-18)23-21(19-12-6-2-7-13-19)22(23)20-14-8-3-9-15-20/h1-15,21-23H,16-17H2,(H,25,26)/t21-,22+,23?. The lowest BCUT2D eigenvalue weighted by Gasteiger charge is -2.05. The fourth-order valence-corrected chi connectivity index (χ4v) is 3.91. The van der Waals surface area contributed by atoms with Gasteiger partial charge >= 0.3 is 0 Å². The zero-order valence-corrected chi connectivity index (χ0v) is 14.7. The van der Waals surface area contributed by atoms with E-state index in [4.69, 9.17) is 0 Å². The zero-order chi connectivity index (χ0) is 17.8. The predicted molar refractivity (Wildman–Crippen MR) is 105 cm³/mol. The summed E-state index contributed by atoms with van der Waals surface area (Å²) in [6, 6.07) is 31.1. The van der Waals surface area contributed by atoms with Gasteiger partial charge in [-0.2, -0.15) is 0 Å². The molecule has 1 saturated carbocycles. The second kappa shape index (κ2) is 7.57. The van der Waals surface area contributed by atoms with E-state index in [1.165, 1.54) is 16.7 Å². The number of carbonyl (C=O) groups excluding carboxylic acids is 1. The minimum Gasteiger partial charge on any atom is -0.355 e. The van der Waals surface area contributed by atoms with Gasteiger partial charge in [0.1, 0.15) is 0 Å². The van der Waals surface area contributed by atoms with Gasteiger partial charge in [-0.05, 0) is 23.1 Å². The number of hydrogen-bond donors (Lipinski definition) is 1. The van der Waals surface area contributed by atoms with Crippen LogP contribution in [-0.4, -0.2) is 12.5 Å². The second-order valence-corrected chi connectivity index (χ2v) is 6.93. The molecule has 130 valence electrons. The molecule has 4 rings (SSSR count). The van der Waals surface area contributed by atoms with E-state index in [-0.39, 0.29) is 23.7 Å². The third kappa shape index (κ3) is 3.55. The average molecular weight is 341 g/mol. The third-order valence-corrected chi connectivity index (χ3v) is 5.25. The van der Waals surface area contributed by atoms with Crippen molar-refractivity contribution >= 4 is 5.91 Å². The molecule has 0 aromatic heterocycles. The summed E-state index contributed by atoms with van der Waals surface area (Å²) in [6.07, 6.45) is 0.866. The van der Waals surface area contributed by atoms with Crippen molar-refractivity contribution in [3.05, 3.63) is 108 Å². The lowest BCUT2D eigenvalue weighted by Crippen LogP contribution is -2.28. The van der Waals surface area contributed by atoms with Gasteiger partial charge in [0.25, 0.3) is 0 Å². The van der Waals surface area contributed by atoms with Crippen LogP contribution >= 0.6 is 0 Å². The highest BCUT2D eigenvalue weighted by atomic mass is 16.2. The minimum absolute atomic E-state index is 0.0237. The highest BCUT2D eigenvalue weighted by Gasteiger charge is 2.55. The van der Waals surface area contributed by atoms with Crippen molar-refractivity contribution in [2.24, 2.45) is 5.92 Å². The van der Waals surface area contributed by atoms with E-state index in [0.29, 0.717) is 6.54 Å². The minimum atomic E-state index is 0.0237. The van der Waals surface area contributed by atoms with Gasteiger partial charge in [0.2, 0.25) is 5.91 Å². The molecular weight excluding hydrogens is 318 g/mol. The van der Waals surface area contributed by atoms with Crippen molar-refractivity contribution in [1.82, 2.24) is 5.32 Å². The molecule has 26 heavy (non-hydrogen) atoms. The molecule has 0 spiro atoms. The summed E-state index contributed by atoms with van der Waals surface area (Å²) in [6.45, 7) is 0.683. The first-order chi connectivity index (χ1) is 12.8. The maximum Gasteiger partial charge on any atom is 0.224 e. The SMILES string of the molecule is O=C(NCCc1ccccc1)C1[C@@H](c2ccccc2)[C@H]1c1ccccc1. The van der Waals surface area contributed by atoms with Crippen molar-refractivity contribution in [3.63, 3.8) is 0 Å². The molecule has 3 aromatic rings. The van der Waals surface area contributed by atoms with Gasteiger partial charge in [-0.25, -0.2) is 0 Å². The fraction of sp³-hybridized carbons (Fsp3) is 0.208. The Balaban J connectivity index is 1.45. The molecule has 1 fully saturated rings. The van der Waals surface area contributed by atoms with Gasteiger partial charge in [0.05, 0.1) is 5.92 Å². The van der Waals surface area contributed by atoms with E-state index < -0.39 is 0 Å². The van der Waals surface area contributed by atoms with Gasteiger partial charge in [-0.15, -0.1) is 0 Å². The van der Waals surface area contributed by atoms with Crippen molar-refractivity contribution in [2.75, 3.05) is 6.54 Å². The number of nitrogens with one attached hydrogen (secondary N) is 1. The molecule has 1 N–H and O–H groups in total. The van der Waals surface area contributed by atoms with Crippen LogP contribution in [0.2, 0.25) is 0 Å². The molecule has 2 nitrogen and oxygen atoms in total. The van der Waals surface area contributed by atoms with E-state index in [1.54, 1.807) is 0 Å². The Labute approximate surface area is 154 Å². The van der Waals surface area contributed by atoms with Gasteiger partial charge in [-0.3, -0.25) is 4.79 Å². The van der Waals surface area contributed by atoms with Crippen LogP contribution < -0.4 is 5.32 Å². The first-order valence-electron chi connectivity index (χ1n) is 9.26. The van der Waals surface area contributed by atoms with Crippen LogP contribution in [0.15, 0.2) is 91.0 Å². The summed E-state index contributed by atoms with van der Waals surface area (Å²) >= 11 is 0. The quantitative estimate of drug-likeness (QED) is 0.700. The topological polar surface area (TPSA) is 29.1 Å². The number of rotatable bonds is 6. The van der Waals surface area contributed by atoms with Gasteiger partial charge < -0.3 is 5.32 Å². The van der Waals surface area contributed by atoms with E-state index in [2.05, 4.69) is 66.0 Å². The lowest BCUT2D eigenvalue weighted by molar-refractivity contribution is -0.122. The van der Waals surface area contributed by atoms with Crippen LogP contribution in [0, 0.1) is 5.92 Å². The fourth-order valence-electron chi connectivity index (χ4n) is 3.91. The molecule has 0 saturated heterocycles. The van der Waals surface area contributed by atoms with Crippen LogP contribution in [0.1, 0.15) is 28.5 Å². The Morgan fingerprint density at radius 1 is 0.692 bits per heavy atom. The molecule has 1 aliphatic carbocycles. The first-order valence-corrected chi connectivity index (χ1v) is 9.26. The van der Waals surface area contributed by atoms with Crippen molar-refractivity contribution in [3.8, 4) is 0 Å². The summed E-state index contributed by atoms with van der Waals surface area (Å²) in [5, 5.41) is 3.15. The van der Waals surface area contributed by atoms with Crippen molar-refractivity contribution in [2.45, 2.75) is 18.3 Å². The van der Waals surface area contributed by atoms with Gasteiger partial charge in [0, 0.05) is 18.4 Å². The van der Waals surface area contributed by atoms with E-state index in [1.807, 2.05) is 30.3 Å². The molecule has 3 aromatic carbocycles. The molecule has 3 atom stereocenters. The monoisotopic (exact) mass is 341 g/mol. The Bertz CT molecular complexity index is 800. The molecule has 1 aliphatic rings. The van der Waals surface area contributed by atoms with Crippen LogP contribution in [-0.2, 0) is 11.2 Å². The maximum absolute atomic E-state index is 12.9. The zero-order valence-electron chi connectivity index (χ0n) is 14.7. The van der Waals surface area contributed by atoms with Crippen LogP contribution in [0.5, 0.6) is 0 Å². The van der Waals surface area contributed by atoms with Crippen LogP contribution in [0.3, 0.4) is 0 Å². The molecule has 1 amide bonds. The molecule has 2 heteroatoms. The Hall–Kier alpha value is -2.87. The highest BCUT2D eigenvalue weighted by molar-refractivity contribution is 5.85. The molecular formula is C24H23NO. The average Bonchev–Trinajstić information content (AvgIpc) is 3.46. The molecule has 0 heterocycles. The van der Waals surface area contributed by atoms with Gasteiger partial charge in [0.15, 0.2) is 0 Å². The van der Waals surface area contributed by atoms with Crippen molar-refractivity contribution < 1.29 is 4.79 Å². The lowest BCUT2D eigenvalue weighted by atomic mass is 10.0. The maximum atomic E-state index is 12.9. The smallest absolute Gasteiger partial charge is 0.224 e. The summed E-state index contributed by atoms with van der Waals surface area (Å²) in [4.78, 5) is 12.9. The molecule has 0 radical (unpaired) electrons. The highest BCUT2D eigenvalue weighted by Crippen LogP contribution is 2.60. The van der Waals surface area contributed by atoms with Crippen molar-refractivity contribution in [1.29, 1.82) is 0 Å². The first kappa shape index (κ1) is 16.6. The number of amides is 1. The van der Waals surface area contributed by atoms with Crippen LogP contribution in [0.4, 0.5) is 0 Å². The summed E-state index contributed by atoms with van der Waals surface area (Å²) in [5.41, 5.74) is 3.76. The Morgan fingerprint density at radius 3 is 1.65 bits per heavy atom. The van der Waals surface area contributed by atoms with Crippen LogP contribution in [0.25, 0.3) is 0 Å². The van der Waals surface area contributed by atoms with E-state index in [0.717, 1.165) is 6.42 Å². The second-order valence-electron chi connectivity index (χ2n) is 6.93. The van der Waals surface area contributed by atoms with E-state index in [9.17, 15) is 4.79 Å². The number of benzene rings is 3. The normalized spacial score (nSPS) is 21.2. The molecule has 0 aliphatic heterocycles. The molecule has 1 unspecified atom stereocenters. The largest absolute Gasteiger partial charge is 0.355 e. The predicted octanol–water partition coefficient (Wildman–Crippen LogP) is 4.54. The number of carbonyl (C=O) groups is 1. The summed E-state index contributed by atoms with van der Waals surface area (Å²) in [7, 11) is 0. The Kier molecular flexibility index (Phi) is 4.83. The number of hydrogen-bond acceptors (Lipinski definition) is 1. The molecule has 0 bridgehead atoms.